The molecule has 1 aliphatic heterocycles. The smallest absolute Gasteiger partial charge is 0.238 e. The fourth-order valence-electron chi connectivity index (χ4n) is 2.17. The molecule has 1 heterocycles. The Morgan fingerprint density at radius 3 is 2.61 bits per heavy atom. The lowest BCUT2D eigenvalue weighted by atomic mass is 10.0. The zero-order valence-corrected chi connectivity index (χ0v) is 12.3. The van der Waals surface area contributed by atoms with Crippen LogP contribution in [0.2, 0.25) is 0 Å². The normalized spacial score (nSPS) is 22.1. The van der Waals surface area contributed by atoms with Crippen molar-refractivity contribution in [1.29, 1.82) is 0 Å². The summed E-state index contributed by atoms with van der Waals surface area (Å²) in [6.07, 6.45) is 4.46. The Balaban J connectivity index is 2.58. The molecular formula is C12H24N2O3S. The molecule has 0 aliphatic carbocycles. The van der Waals surface area contributed by atoms with Crippen LogP contribution in [0.1, 0.15) is 39.5 Å². The number of piperidine rings is 1. The molecule has 1 atom stereocenters. The monoisotopic (exact) mass is 276 g/mol. The lowest BCUT2D eigenvalue weighted by molar-refractivity contribution is -0.125. The molecular weight excluding hydrogens is 252 g/mol. The van der Waals surface area contributed by atoms with E-state index in [-0.39, 0.29) is 5.91 Å². The van der Waals surface area contributed by atoms with E-state index in [1.807, 2.05) is 0 Å². The minimum atomic E-state index is -3.29. The van der Waals surface area contributed by atoms with E-state index in [1.54, 1.807) is 0 Å². The molecule has 1 N–H and O–H groups in total. The maximum absolute atomic E-state index is 12.0. The van der Waals surface area contributed by atoms with Crippen molar-refractivity contribution >= 4 is 15.9 Å². The van der Waals surface area contributed by atoms with Crippen LogP contribution in [0.5, 0.6) is 0 Å². The molecule has 1 amide bonds. The summed E-state index contributed by atoms with van der Waals surface area (Å²) in [5.41, 5.74) is 0. The average Bonchev–Trinajstić information content (AvgIpc) is 2.27. The van der Waals surface area contributed by atoms with Crippen LogP contribution in [-0.2, 0) is 14.8 Å². The SMILES string of the molecule is CC(C)CCNC(=O)C1CCCCN1S(C)(=O)=O. The minimum Gasteiger partial charge on any atom is -0.355 e. The van der Waals surface area contributed by atoms with E-state index < -0.39 is 16.1 Å². The van der Waals surface area contributed by atoms with Gasteiger partial charge in [0.15, 0.2) is 0 Å². The van der Waals surface area contributed by atoms with Crippen LogP contribution in [0, 0.1) is 5.92 Å². The highest BCUT2D eigenvalue weighted by molar-refractivity contribution is 7.88. The van der Waals surface area contributed by atoms with Gasteiger partial charge in [-0.15, -0.1) is 0 Å². The Bertz CT molecular complexity index is 379. The molecule has 106 valence electrons. The fourth-order valence-corrected chi connectivity index (χ4v) is 3.29. The Morgan fingerprint density at radius 1 is 1.39 bits per heavy atom. The van der Waals surface area contributed by atoms with Gasteiger partial charge in [0.25, 0.3) is 0 Å². The van der Waals surface area contributed by atoms with Crippen molar-refractivity contribution < 1.29 is 13.2 Å². The summed E-state index contributed by atoms with van der Waals surface area (Å²) in [5.74, 6) is 0.378. The van der Waals surface area contributed by atoms with Gasteiger partial charge < -0.3 is 5.32 Å². The van der Waals surface area contributed by atoms with Crippen molar-refractivity contribution in [1.82, 2.24) is 9.62 Å². The molecule has 0 spiro atoms. The van der Waals surface area contributed by atoms with Gasteiger partial charge in [-0.25, -0.2) is 8.42 Å². The fraction of sp³-hybridized carbons (Fsp3) is 0.917. The van der Waals surface area contributed by atoms with E-state index >= 15 is 0 Å². The third kappa shape index (κ3) is 4.57. The first-order chi connectivity index (χ1) is 8.32. The van der Waals surface area contributed by atoms with E-state index in [2.05, 4.69) is 19.2 Å². The first kappa shape index (κ1) is 15.4. The van der Waals surface area contributed by atoms with Crippen molar-refractivity contribution in [2.24, 2.45) is 5.92 Å². The molecule has 0 bridgehead atoms. The summed E-state index contributed by atoms with van der Waals surface area (Å²) in [4.78, 5) is 12.0. The second kappa shape index (κ2) is 6.52. The van der Waals surface area contributed by atoms with Gasteiger partial charge in [-0.1, -0.05) is 20.3 Å². The third-order valence-electron chi connectivity index (χ3n) is 3.20. The Hall–Kier alpha value is -0.620. The number of carbonyl (C=O) groups excluding carboxylic acids is 1. The number of rotatable bonds is 5. The number of sulfonamides is 1. The standard InChI is InChI=1S/C12H24N2O3S/c1-10(2)7-8-13-12(15)11-6-4-5-9-14(11)18(3,16)17/h10-11H,4-9H2,1-3H3,(H,13,15). The zero-order valence-electron chi connectivity index (χ0n) is 11.5. The van der Waals surface area contributed by atoms with Crippen LogP contribution in [0.4, 0.5) is 0 Å². The van der Waals surface area contributed by atoms with Crippen LogP contribution in [0.25, 0.3) is 0 Å². The second-order valence-corrected chi connectivity index (χ2v) is 7.29. The zero-order chi connectivity index (χ0) is 13.8. The highest BCUT2D eigenvalue weighted by atomic mass is 32.2. The lowest BCUT2D eigenvalue weighted by Crippen LogP contribution is -2.51. The van der Waals surface area contributed by atoms with Crippen LogP contribution in [0.15, 0.2) is 0 Å². The number of nitrogens with zero attached hydrogens (tertiary/aromatic N) is 1. The summed E-state index contributed by atoms with van der Waals surface area (Å²) in [5, 5.41) is 2.84. The predicted molar refractivity (Wildman–Crippen MR) is 71.7 cm³/mol. The molecule has 5 nitrogen and oxygen atoms in total. The highest BCUT2D eigenvalue weighted by Gasteiger charge is 2.34. The van der Waals surface area contributed by atoms with Crippen LogP contribution in [-0.4, -0.2) is 44.0 Å². The first-order valence-electron chi connectivity index (χ1n) is 6.57. The molecule has 0 radical (unpaired) electrons. The second-order valence-electron chi connectivity index (χ2n) is 5.36. The van der Waals surface area contributed by atoms with Crippen LogP contribution < -0.4 is 5.32 Å². The predicted octanol–water partition coefficient (Wildman–Crippen LogP) is 0.963. The van der Waals surface area contributed by atoms with Gasteiger partial charge in [0.2, 0.25) is 15.9 Å². The van der Waals surface area contributed by atoms with Crippen molar-refractivity contribution in [3.05, 3.63) is 0 Å². The maximum atomic E-state index is 12.0. The van der Waals surface area contributed by atoms with Gasteiger partial charge in [-0.2, -0.15) is 4.31 Å². The Labute approximate surface area is 110 Å². The number of amides is 1. The number of hydrogen-bond donors (Lipinski definition) is 1. The van der Waals surface area contributed by atoms with E-state index in [9.17, 15) is 13.2 Å². The van der Waals surface area contributed by atoms with E-state index in [1.165, 1.54) is 10.6 Å². The highest BCUT2D eigenvalue weighted by Crippen LogP contribution is 2.19. The molecule has 1 rings (SSSR count). The summed E-state index contributed by atoms with van der Waals surface area (Å²) in [6.45, 7) is 5.26. The van der Waals surface area contributed by atoms with Crippen LogP contribution >= 0.6 is 0 Å². The van der Waals surface area contributed by atoms with E-state index in [4.69, 9.17) is 0 Å². The van der Waals surface area contributed by atoms with Crippen LogP contribution in [0.3, 0.4) is 0 Å². The van der Waals surface area contributed by atoms with Gasteiger partial charge in [-0.3, -0.25) is 4.79 Å². The van der Waals surface area contributed by atoms with Crippen molar-refractivity contribution in [3.63, 3.8) is 0 Å². The Kier molecular flexibility index (Phi) is 5.59. The van der Waals surface area contributed by atoms with E-state index in [0.717, 1.165) is 19.3 Å². The van der Waals surface area contributed by atoms with Gasteiger partial charge in [0.1, 0.15) is 6.04 Å². The van der Waals surface area contributed by atoms with Crippen molar-refractivity contribution in [3.8, 4) is 0 Å². The largest absolute Gasteiger partial charge is 0.355 e. The van der Waals surface area contributed by atoms with Gasteiger partial charge >= 0.3 is 0 Å². The summed E-state index contributed by atoms with van der Waals surface area (Å²) >= 11 is 0. The first-order valence-corrected chi connectivity index (χ1v) is 8.41. The molecule has 0 aromatic carbocycles. The van der Waals surface area contributed by atoms with Crippen molar-refractivity contribution in [2.45, 2.75) is 45.6 Å². The topological polar surface area (TPSA) is 66.5 Å². The molecule has 1 saturated heterocycles. The molecule has 1 unspecified atom stereocenters. The number of nitrogens with one attached hydrogen (secondary N) is 1. The van der Waals surface area contributed by atoms with Gasteiger partial charge in [0.05, 0.1) is 6.26 Å². The van der Waals surface area contributed by atoms with Crippen molar-refractivity contribution in [2.75, 3.05) is 19.3 Å². The third-order valence-corrected chi connectivity index (χ3v) is 4.49. The molecule has 1 fully saturated rings. The minimum absolute atomic E-state index is 0.152. The van der Waals surface area contributed by atoms with E-state index in [0.29, 0.717) is 25.4 Å². The van der Waals surface area contributed by atoms with Gasteiger partial charge in [-0.05, 0) is 25.2 Å². The number of carbonyl (C=O) groups is 1. The molecule has 0 aromatic rings. The summed E-state index contributed by atoms with van der Waals surface area (Å²) in [6, 6.07) is -0.513. The molecule has 6 heteroatoms. The van der Waals surface area contributed by atoms with Gasteiger partial charge in [0, 0.05) is 13.1 Å². The quantitative estimate of drug-likeness (QED) is 0.813. The Morgan fingerprint density at radius 2 is 2.06 bits per heavy atom. The molecule has 1 aliphatic rings. The summed E-state index contributed by atoms with van der Waals surface area (Å²) in [7, 11) is -3.29. The molecule has 18 heavy (non-hydrogen) atoms. The number of hydrogen-bond acceptors (Lipinski definition) is 3. The lowest BCUT2D eigenvalue weighted by Gasteiger charge is -2.32. The molecule has 0 aromatic heterocycles. The average molecular weight is 276 g/mol. The maximum Gasteiger partial charge on any atom is 0.238 e. The molecule has 0 saturated carbocycles. The summed E-state index contributed by atoms with van der Waals surface area (Å²) < 4.78 is 24.6.